The Morgan fingerprint density at radius 3 is 2.74 bits per heavy atom. The number of ether oxygens (including phenoxy) is 1. The fourth-order valence-corrected chi connectivity index (χ4v) is 1.84. The van der Waals surface area contributed by atoms with Crippen LogP contribution in [-0.4, -0.2) is 11.7 Å². The number of rotatable bonds is 7. The molecular weight excluding hydrogens is 242 g/mol. The zero-order valence-corrected chi connectivity index (χ0v) is 11.1. The summed E-state index contributed by atoms with van der Waals surface area (Å²) in [7, 11) is 0. The van der Waals surface area contributed by atoms with Gasteiger partial charge < -0.3 is 19.6 Å². The SMILES string of the molecule is CCOc1cccc(CNCc2ccc(CO)o2)c1. The second-order valence-corrected chi connectivity index (χ2v) is 4.21. The van der Waals surface area contributed by atoms with Gasteiger partial charge in [-0.2, -0.15) is 0 Å². The Balaban J connectivity index is 1.83. The van der Waals surface area contributed by atoms with Gasteiger partial charge in [0.15, 0.2) is 0 Å². The van der Waals surface area contributed by atoms with Crippen LogP contribution in [0.3, 0.4) is 0 Å². The van der Waals surface area contributed by atoms with Crippen LogP contribution >= 0.6 is 0 Å². The van der Waals surface area contributed by atoms with E-state index >= 15 is 0 Å². The first-order valence-electron chi connectivity index (χ1n) is 6.42. The molecule has 0 saturated heterocycles. The first-order chi connectivity index (χ1) is 9.31. The molecule has 102 valence electrons. The number of nitrogens with one attached hydrogen (secondary N) is 1. The smallest absolute Gasteiger partial charge is 0.129 e. The lowest BCUT2D eigenvalue weighted by Crippen LogP contribution is -2.12. The van der Waals surface area contributed by atoms with Crippen LogP contribution in [0.4, 0.5) is 0 Å². The minimum atomic E-state index is -0.0591. The van der Waals surface area contributed by atoms with E-state index in [0.29, 0.717) is 18.9 Å². The van der Waals surface area contributed by atoms with Crippen molar-refractivity contribution in [2.75, 3.05) is 6.61 Å². The summed E-state index contributed by atoms with van der Waals surface area (Å²) in [4.78, 5) is 0. The Hall–Kier alpha value is -1.78. The normalized spacial score (nSPS) is 10.6. The molecule has 0 spiro atoms. The molecule has 2 aromatic rings. The van der Waals surface area contributed by atoms with E-state index in [0.717, 1.165) is 18.1 Å². The Bertz CT molecular complexity index is 508. The van der Waals surface area contributed by atoms with Gasteiger partial charge in [-0.3, -0.25) is 0 Å². The molecule has 0 unspecified atom stereocenters. The molecule has 0 aliphatic carbocycles. The fourth-order valence-electron chi connectivity index (χ4n) is 1.84. The number of hydrogen-bond acceptors (Lipinski definition) is 4. The number of aliphatic hydroxyl groups excluding tert-OH is 1. The van der Waals surface area contributed by atoms with Crippen molar-refractivity contribution in [2.24, 2.45) is 0 Å². The second-order valence-electron chi connectivity index (χ2n) is 4.21. The molecule has 4 heteroatoms. The summed E-state index contributed by atoms with van der Waals surface area (Å²) in [5.41, 5.74) is 1.17. The maximum absolute atomic E-state index is 8.91. The fraction of sp³-hybridized carbons (Fsp3) is 0.333. The van der Waals surface area contributed by atoms with Crippen LogP contribution in [0, 0.1) is 0 Å². The lowest BCUT2D eigenvalue weighted by atomic mass is 10.2. The molecule has 19 heavy (non-hydrogen) atoms. The van der Waals surface area contributed by atoms with Gasteiger partial charge in [0, 0.05) is 6.54 Å². The molecule has 2 rings (SSSR count). The summed E-state index contributed by atoms with van der Waals surface area (Å²) in [6, 6.07) is 11.7. The Kier molecular flexibility index (Phi) is 5.01. The van der Waals surface area contributed by atoms with Crippen molar-refractivity contribution in [3.8, 4) is 5.75 Å². The number of benzene rings is 1. The zero-order valence-electron chi connectivity index (χ0n) is 11.1. The van der Waals surface area contributed by atoms with Gasteiger partial charge in [-0.1, -0.05) is 12.1 Å². The lowest BCUT2D eigenvalue weighted by molar-refractivity contribution is 0.242. The Morgan fingerprint density at radius 2 is 2.00 bits per heavy atom. The highest BCUT2D eigenvalue weighted by Gasteiger charge is 2.01. The van der Waals surface area contributed by atoms with Gasteiger partial charge in [0.2, 0.25) is 0 Å². The molecule has 1 aromatic heterocycles. The van der Waals surface area contributed by atoms with Crippen molar-refractivity contribution in [3.63, 3.8) is 0 Å². The first kappa shape index (κ1) is 13.6. The van der Waals surface area contributed by atoms with Crippen molar-refractivity contribution in [1.82, 2.24) is 5.32 Å². The molecule has 0 aliphatic rings. The van der Waals surface area contributed by atoms with Crippen LogP contribution in [0.1, 0.15) is 24.0 Å². The van der Waals surface area contributed by atoms with Gasteiger partial charge in [0.05, 0.1) is 13.2 Å². The molecular formula is C15H19NO3. The molecule has 0 bridgehead atoms. The summed E-state index contributed by atoms with van der Waals surface area (Å²) < 4.78 is 10.9. The van der Waals surface area contributed by atoms with Gasteiger partial charge in [-0.05, 0) is 36.8 Å². The standard InChI is InChI=1S/C15H19NO3/c1-2-18-13-5-3-4-12(8-13)9-16-10-14-6-7-15(11-17)19-14/h3-8,16-17H,2,9-11H2,1H3. The minimum absolute atomic E-state index is 0.0591. The monoisotopic (exact) mass is 261 g/mol. The highest BCUT2D eigenvalue weighted by atomic mass is 16.5. The predicted molar refractivity (Wildman–Crippen MR) is 72.8 cm³/mol. The van der Waals surface area contributed by atoms with E-state index in [4.69, 9.17) is 14.3 Å². The summed E-state index contributed by atoms with van der Waals surface area (Å²) in [6.07, 6.45) is 0. The van der Waals surface area contributed by atoms with E-state index in [1.165, 1.54) is 5.56 Å². The average molecular weight is 261 g/mol. The van der Waals surface area contributed by atoms with Crippen molar-refractivity contribution in [1.29, 1.82) is 0 Å². The number of aliphatic hydroxyl groups is 1. The van der Waals surface area contributed by atoms with Crippen molar-refractivity contribution in [3.05, 3.63) is 53.5 Å². The van der Waals surface area contributed by atoms with E-state index < -0.39 is 0 Å². The van der Waals surface area contributed by atoms with Gasteiger partial charge in [-0.15, -0.1) is 0 Å². The maximum Gasteiger partial charge on any atom is 0.129 e. The van der Waals surface area contributed by atoms with E-state index in [1.54, 1.807) is 6.07 Å². The van der Waals surface area contributed by atoms with Crippen LogP contribution in [0.5, 0.6) is 5.75 Å². The highest BCUT2D eigenvalue weighted by molar-refractivity contribution is 5.28. The molecule has 0 saturated carbocycles. The van der Waals surface area contributed by atoms with Crippen LogP contribution in [-0.2, 0) is 19.7 Å². The lowest BCUT2D eigenvalue weighted by Gasteiger charge is -2.06. The summed E-state index contributed by atoms with van der Waals surface area (Å²) in [5, 5.41) is 12.2. The number of furan rings is 1. The molecule has 2 N–H and O–H groups in total. The van der Waals surface area contributed by atoms with Crippen molar-refractivity contribution >= 4 is 0 Å². The first-order valence-corrected chi connectivity index (χ1v) is 6.42. The topological polar surface area (TPSA) is 54.6 Å². The van der Waals surface area contributed by atoms with Crippen LogP contribution in [0.2, 0.25) is 0 Å². The minimum Gasteiger partial charge on any atom is -0.494 e. The molecule has 0 aliphatic heterocycles. The Labute approximate surface area is 113 Å². The van der Waals surface area contributed by atoms with Crippen LogP contribution in [0.25, 0.3) is 0 Å². The molecule has 0 atom stereocenters. The number of hydrogen-bond donors (Lipinski definition) is 2. The average Bonchev–Trinajstić information content (AvgIpc) is 2.88. The third kappa shape index (κ3) is 4.12. The van der Waals surface area contributed by atoms with E-state index in [-0.39, 0.29) is 6.61 Å². The summed E-state index contributed by atoms with van der Waals surface area (Å²) in [5.74, 6) is 2.31. The predicted octanol–water partition coefficient (Wildman–Crippen LogP) is 2.46. The largest absolute Gasteiger partial charge is 0.494 e. The molecule has 0 radical (unpaired) electrons. The zero-order chi connectivity index (χ0) is 13.5. The Morgan fingerprint density at radius 1 is 1.16 bits per heavy atom. The molecule has 0 amide bonds. The van der Waals surface area contributed by atoms with E-state index in [9.17, 15) is 0 Å². The van der Waals surface area contributed by atoms with Crippen LogP contribution < -0.4 is 10.1 Å². The summed E-state index contributed by atoms with van der Waals surface area (Å²) >= 11 is 0. The van der Waals surface area contributed by atoms with Gasteiger partial charge in [0.25, 0.3) is 0 Å². The second kappa shape index (κ2) is 6.97. The van der Waals surface area contributed by atoms with Gasteiger partial charge in [-0.25, -0.2) is 0 Å². The highest BCUT2D eigenvalue weighted by Crippen LogP contribution is 2.13. The van der Waals surface area contributed by atoms with E-state index in [2.05, 4.69) is 11.4 Å². The van der Waals surface area contributed by atoms with Crippen LogP contribution in [0.15, 0.2) is 40.8 Å². The van der Waals surface area contributed by atoms with Crippen molar-refractivity contribution in [2.45, 2.75) is 26.6 Å². The molecule has 1 aromatic carbocycles. The molecule has 0 fully saturated rings. The maximum atomic E-state index is 8.91. The van der Waals surface area contributed by atoms with E-state index in [1.807, 2.05) is 31.2 Å². The summed E-state index contributed by atoms with van der Waals surface area (Å²) in [6.45, 7) is 3.97. The molecule has 4 nitrogen and oxygen atoms in total. The third-order valence-corrected chi connectivity index (χ3v) is 2.71. The van der Waals surface area contributed by atoms with Crippen molar-refractivity contribution < 1.29 is 14.3 Å². The van der Waals surface area contributed by atoms with Gasteiger partial charge in [0.1, 0.15) is 23.9 Å². The van der Waals surface area contributed by atoms with Gasteiger partial charge >= 0.3 is 0 Å². The quantitative estimate of drug-likeness (QED) is 0.804. The molecule has 1 heterocycles. The third-order valence-electron chi connectivity index (χ3n) is 2.71.